The Hall–Kier alpha value is -2.25. The average molecular weight is 490 g/mol. The van der Waals surface area contributed by atoms with Crippen molar-refractivity contribution >= 4 is 44.9 Å². The molecule has 0 saturated carbocycles. The lowest BCUT2D eigenvalue weighted by atomic mass is 10.1. The van der Waals surface area contributed by atoms with E-state index in [-0.39, 0.29) is 11.1 Å². The second-order valence-corrected chi connectivity index (χ2v) is 8.72. The molecule has 1 aliphatic heterocycles. The van der Waals surface area contributed by atoms with Gasteiger partial charge in [0.05, 0.1) is 16.0 Å². The number of ether oxygens (including phenoxy) is 2. The zero-order valence-electron chi connectivity index (χ0n) is 17.2. The Balaban J connectivity index is 1.86. The number of aryl methyl sites for hydroxylation is 1. The largest absolute Gasteiger partial charge is 0.490 e. The zero-order valence-corrected chi connectivity index (χ0v) is 19.6. The molecule has 0 aromatic heterocycles. The van der Waals surface area contributed by atoms with Crippen LogP contribution in [0.4, 0.5) is 4.79 Å². The molecule has 1 fully saturated rings. The number of benzene rings is 2. The van der Waals surface area contributed by atoms with Gasteiger partial charge in [-0.2, -0.15) is 0 Å². The summed E-state index contributed by atoms with van der Waals surface area (Å²) in [5, 5.41) is -0.227. The predicted molar refractivity (Wildman–Crippen MR) is 124 cm³/mol. The van der Waals surface area contributed by atoms with Crippen molar-refractivity contribution in [1.29, 1.82) is 0 Å². The van der Waals surface area contributed by atoms with Crippen molar-refractivity contribution in [1.82, 2.24) is 4.90 Å². The van der Waals surface area contributed by atoms with Gasteiger partial charge in [0.25, 0.3) is 11.1 Å². The monoisotopic (exact) mass is 489 g/mol. The van der Waals surface area contributed by atoms with Crippen LogP contribution >= 0.6 is 27.7 Å². The van der Waals surface area contributed by atoms with E-state index in [0.717, 1.165) is 33.8 Å². The van der Waals surface area contributed by atoms with Gasteiger partial charge >= 0.3 is 0 Å². The molecule has 2 amide bonds. The number of amides is 2. The van der Waals surface area contributed by atoms with Crippen molar-refractivity contribution in [2.45, 2.75) is 33.8 Å². The van der Waals surface area contributed by atoms with Crippen molar-refractivity contribution in [2.24, 2.45) is 0 Å². The maximum Gasteiger partial charge on any atom is 0.293 e. The van der Waals surface area contributed by atoms with Crippen LogP contribution in [0.25, 0.3) is 6.08 Å². The lowest BCUT2D eigenvalue weighted by Crippen LogP contribution is -2.28. The maximum atomic E-state index is 12.5. The fraction of sp³-hybridized carbons (Fsp3) is 0.304. The van der Waals surface area contributed by atoms with Crippen LogP contribution in [-0.2, 0) is 11.4 Å². The number of carbonyl (C=O) groups excluding carboxylic acids is 2. The van der Waals surface area contributed by atoms with E-state index in [2.05, 4.69) is 22.0 Å². The second-order valence-electron chi connectivity index (χ2n) is 6.87. The summed E-state index contributed by atoms with van der Waals surface area (Å²) in [7, 11) is 0. The van der Waals surface area contributed by atoms with E-state index < -0.39 is 0 Å². The molecule has 0 radical (unpaired) electrons. The lowest BCUT2D eigenvalue weighted by molar-refractivity contribution is -0.122. The normalized spacial score (nSPS) is 15.2. The van der Waals surface area contributed by atoms with Crippen LogP contribution in [0.2, 0.25) is 0 Å². The first-order valence-corrected chi connectivity index (χ1v) is 11.4. The van der Waals surface area contributed by atoms with Crippen LogP contribution in [0.1, 0.15) is 37.0 Å². The number of thioether (sulfide) groups is 1. The standard InChI is InChI=1S/C23H24BrNO4S/c1-4-9-25-22(26)20(30-23(25)27)13-17-11-18(24)21(19(12-17)28-5-2)29-14-16-8-6-7-15(3)10-16/h6-8,10-13H,4-5,9,14H2,1-3H3/b20-13+. The molecular weight excluding hydrogens is 466 g/mol. The van der Waals surface area contributed by atoms with Crippen LogP contribution in [0.5, 0.6) is 11.5 Å². The highest BCUT2D eigenvalue weighted by Crippen LogP contribution is 2.39. The highest BCUT2D eigenvalue weighted by molar-refractivity contribution is 9.10. The van der Waals surface area contributed by atoms with Crippen molar-refractivity contribution in [3.8, 4) is 11.5 Å². The van der Waals surface area contributed by atoms with Crippen LogP contribution in [-0.4, -0.2) is 29.2 Å². The second kappa shape index (κ2) is 10.2. The topological polar surface area (TPSA) is 55.8 Å². The van der Waals surface area contributed by atoms with E-state index in [0.29, 0.717) is 36.2 Å². The molecular formula is C23H24BrNO4S. The van der Waals surface area contributed by atoms with Gasteiger partial charge in [-0.05, 0) is 77.3 Å². The summed E-state index contributed by atoms with van der Waals surface area (Å²) in [6.45, 7) is 7.21. The maximum absolute atomic E-state index is 12.5. The highest BCUT2D eigenvalue weighted by atomic mass is 79.9. The van der Waals surface area contributed by atoms with E-state index in [1.807, 2.05) is 51.1 Å². The average Bonchev–Trinajstić information content (AvgIpc) is 2.95. The molecule has 30 heavy (non-hydrogen) atoms. The first kappa shape index (κ1) is 22.4. The molecule has 0 N–H and O–H groups in total. The quantitative estimate of drug-likeness (QED) is 0.414. The first-order valence-electron chi connectivity index (χ1n) is 9.83. The SMILES string of the molecule is CCCN1C(=O)S/C(=C/c2cc(Br)c(OCc3cccc(C)c3)c(OCC)c2)C1=O. The Labute approximate surface area is 189 Å². The molecule has 0 aliphatic carbocycles. The van der Waals surface area contributed by atoms with Crippen LogP contribution in [0.3, 0.4) is 0 Å². The Kier molecular flexibility index (Phi) is 7.61. The Morgan fingerprint density at radius 3 is 2.63 bits per heavy atom. The number of halogens is 1. The van der Waals surface area contributed by atoms with Crippen molar-refractivity contribution in [2.75, 3.05) is 13.2 Å². The molecule has 2 aromatic rings. The third kappa shape index (κ3) is 5.26. The Morgan fingerprint density at radius 1 is 1.13 bits per heavy atom. The molecule has 3 rings (SSSR count). The summed E-state index contributed by atoms with van der Waals surface area (Å²) in [5.41, 5.74) is 3.00. The number of hydrogen-bond acceptors (Lipinski definition) is 5. The molecule has 1 heterocycles. The molecule has 1 saturated heterocycles. The summed E-state index contributed by atoms with van der Waals surface area (Å²) in [4.78, 5) is 26.3. The van der Waals surface area contributed by atoms with Gasteiger partial charge in [-0.1, -0.05) is 36.8 Å². The van der Waals surface area contributed by atoms with Crippen molar-refractivity contribution in [3.63, 3.8) is 0 Å². The summed E-state index contributed by atoms with van der Waals surface area (Å²) < 4.78 is 12.6. The zero-order chi connectivity index (χ0) is 21.7. The summed E-state index contributed by atoms with van der Waals surface area (Å²) in [5.74, 6) is 0.939. The van der Waals surface area contributed by atoms with Gasteiger partial charge in [-0.15, -0.1) is 0 Å². The molecule has 7 heteroatoms. The minimum Gasteiger partial charge on any atom is -0.490 e. The van der Waals surface area contributed by atoms with E-state index >= 15 is 0 Å². The summed E-state index contributed by atoms with van der Waals surface area (Å²) in [6, 6.07) is 11.8. The molecule has 1 aliphatic rings. The Bertz CT molecular complexity index is 989. The number of nitrogens with zero attached hydrogens (tertiary/aromatic N) is 1. The van der Waals surface area contributed by atoms with Gasteiger partial charge in [0.2, 0.25) is 0 Å². The molecule has 2 aromatic carbocycles. The fourth-order valence-electron chi connectivity index (χ4n) is 3.10. The van der Waals surface area contributed by atoms with Gasteiger partial charge in [0.1, 0.15) is 6.61 Å². The Morgan fingerprint density at radius 2 is 1.93 bits per heavy atom. The summed E-state index contributed by atoms with van der Waals surface area (Å²) >= 11 is 4.53. The van der Waals surface area contributed by atoms with Gasteiger partial charge in [0, 0.05) is 6.54 Å². The molecule has 5 nitrogen and oxygen atoms in total. The van der Waals surface area contributed by atoms with Crippen LogP contribution in [0.15, 0.2) is 45.8 Å². The molecule has 0 unspecified atom stereocenters. The minimum absolute atomic E-state index is 0.227. The number of hydrogen-bond donors (Lipinski definition) is 0. The third-order valence-electron chi connectivity index (χ3n) is 4.42. The third-order valence-corrected chi connectivity index (χ3v) is 5.91. The minimum atomic E-state index is -0.249. The first-order chi connectivity index (χ1) is 14.4. The number of imide groups is 1. The van der Waals surface area contributed by atoms with Crippen LogP contribution in [0, 0.1) is 6.92 Å². The van der Waals surface area contributed by atoms with Crippen molar-refractivity contribution < 1.29 is 19.1 Å². The van der Waals surface area contributed by atoms with Crippen LogP contribution < -0.4 is 9.47 Å². The summed E-state index contributed by atoms with van der Waals surface area (Å²) in [6.07, 6.45) is 2.45. The highest BCUT2D eigenvalue weighted by Gasteiger charge is 2.34. The van der Waals surface area contributed by atoms with Gasteiger partial charge < -0.3 is 9.47 Å². The van der Waals surface area contributed by atoms with Crippen molar-refractivity contribution in [3.05, 3.63) is 62.5 Å². The molecule has 0 spiro atoms. The molecule has 0 atom stereocenters. The van der Waals surface area contributed by atoms with Gasteiger partial charge in [-0.25, -0.2) is 0 Å². The van der Waals surface area contributed by atoms with E-state index in [1.54, 1.807) is 6.08 Å². The fourth-order valence-corrected chi connectivity index (χ4v) is 4.54. The van der Waals surface area contributed by atoms with E-state index in [1.165, 1.54) is 10.5 Å². The molecule has 158 valence electrons. The van der Waals surface area contributed by atoms with E-state index in [9.17, 15) is 9.59 Å². The lowest BCUT2D eigenvalue weighted by Gasteiger charge is -2.15. The van der Waals surface area contributed by atoms with Gasteiger partial charge in [0.15, 0.2) is 11.5 Å². The molecule has 0 bridgehead atoms. The number of rotatable bonds is 8. The van der Waals surface area contributed by atoms with E-state index in [4.69, 9.17) is 9.47 Å². The smallest absolute Gasteiger partial charge is 0.293 e. The van der Waals surface area contributed by atoms with Gasteiger partial charge in [-0.3, -0.25) is 14.5 Å². The predicted octanol–water partition coefficient (Wildman–Crippen LogP) is 6.18. The number of carbonyl (C=O) groups is 2.